The van der Waals surface area contributed by atoms with E-state index in [0.29, 0.717) is 18.1 Å². The van der Waals surface area contributed by atoms with Crippen LogP contribution in [0.15, 0.2) is 36.9 Å². The summed E-state index contributed by atoms with van der Waals surface area (Å²) in [5.41, 5.74) is 1.69. The van der Waals surface area contributed by atoms with Gasteiger partial charge in [0.05, 0.1) is 6.04 Å². The second kappa shape index (κ2) is 9.40. The summed E-state index contributed by atoms with van der Waals surface area (Å²) in [6.45, 7) is 15.1. The van der Waals surface area contributed by atoms with Crippen LogP contribution in [0.4, 0.5) is 0 Å². The number of nitrogens with one attached hydrogen (secondary N) is 1. The molecule has 2 aliphatic rings. The van der Waals surface area contributed by atoms with Crippen molar-refractivity contribution in [1.82, 2.24) is 39.3 Å². The van der Waals surface area contributed by atoms with Gasteiger partial charge in [-0.2, -0.15) is 0 Å². The standard InChI is InChI=1S/C30H40N8O/c1-19(39)36-11-9-22(10-12-36)37-13-7-20-17-33-28(35-25(20)37)30(5,6)15-23-24(18-31-23)38-14-8-21-16-32-27(29(2,3)4)34-26(21)38/h7-8,13-14,16-17,22-24,31H,9-12,15,18H2,1-6H3. The van der Waals surface area contributed by atoms with Gasteiger partial charge in [0.1, 0.15) is 22.9 Å². The Kier molecular flexibility index (Phi) is 6.25. The lowest BCUT2D eigenvalue weighted by Gasteiger charge is -2.43. The fourth-order valence-corrected chi connectivity index (χ4v) is 6.12. The van der Waals surface area contributed by atoms with Crippen LogP contribution in [0.2, 0.25) is 0 Å². The van der Waals surface area contributed by atoms with Crippen LogP contribution in [-0.4, -0.2) is 65.6 Å². The fraction of sp³-hybridized carbons (Fsp3) is 0.567. The number of carbonyl (C=O) groups excluding carboxylic acids is 1. The predicted molar refractivity (Wildman–Crippen MR) is 153 cm³/mol. The van der Waals surface area contributed by atoms with Crippen LogP contribution in [0.3, 0.4) is 0 Å². The Morgan fingerprint density at radius 1 is 0.923 bits per heavy atom. The Bertz CT molecular complexity index is 1520. The maximum atomic E-state index is 11.8. The summed E-state index contributed by atoms with van der Waals surface area (Å²) in [6.07, 6.45) is 11.0. The molecule has 2 fully saturated rings. The Labute approximate surface area is 230 Å². The van der Waals surface area contributed by atoms with Crippen LogP contribution in [-0.2, 0) is 15.6 Å². The summed E-state index contributed by atoms with van der Waals surface area (Å²) in [6, 6.07) is 5.20. The van der Waals surface area contributed by atoms with E-state index in [1.54, 1.807) is 6.92 Å². The lowest BCUT2D eigenvalue weighted by Crippen LogP contribution is -2.55. The minimum atomic E-state index is -0.216. The summed E-state index contributed by atoms with van der Waals surface area (Å²) in [7, 11) is 0. The number of fused-ring (bicyclic) bond motifs is 2. The molecule has 2 saturated heterocycles. The van der Waals surface area contributed by atoms with Gasteiger partial charge in [-0.05, 0) is 31.4 Å². The zero-order valence-electron chi connectivity index (χ0n) is 24.0. The van der Waals surface area contributed by atoms with Gasteiger partial charge in [0.15, 0.2) is 0 Å². The predicted octanol–water partition coefficient (Wildman–Crippen LogP) is 4.54. The highest BCUT2D eigenvalue weighted by molar-refractivity contribution is 5.76. The van der Waals surface area contributed by atoms with Gasteiger partial charge in [0, 0.05) is 85.0 Å². The Morgan fingerprint density at radius 2 is 1.51 bits per heavy atom. The van der Waals surface area contributed by atoms with Crippen molar-refractivity contribution >= 4 is 28.0 Å². The van der Waals surface area contributed by atoms with Gasteiger partial charge in [-0.15, -0.1) is 0 Å². The number of carbonyl (C=O) groups is 1. The van der Waals surface area contributed by atoms with Crippen molar-refractivity contribution in [1.29, 1.82) is 0 Å². The Morgan fingerprint density at radius 3 is 2.10 bits per heavy atom. The highest BCUT2D eigenvalue weighted by Crippen LogP contribution is 2.36. The first kappa shape index (κ1) is 25.9. The van der Waals surface area contributed by atoms with Crippen molar-refractivity contribution in [2.75, 3.05) is 19.6 Å². The van der Waals surface area contributed by atoms with Crippen LogP contribution in [0.1, 0.15) is 84.5 Å². The van der Waals surface area contributed by atoms with Crippen molar-refractivity contribution in [2.45, 2.75) is 89.8 Å². The van der Waals surface area contributed by atoms with Crippen LogP contribution < -0.4 is 5.32 Å². The first-order chi connectivity index (χ1) is 18.5. The SMILES string of the molecule is CC(=O)N1CCC(n2ccc3cnc(C(C)(C)CC4NCC4n4ccc5cnc(C(C)(C)C)nc54)nc32)CC1. The molecule has 2 unspecified atom stereocenters. The second-order valence-electron chi connectivity index (χ2n) is 13.0. The van der Waals surface area contributed by atoms with Crippen molar-refractivity contribution in [3.8, 4) is 0 Å². The lowest BCUT2D eigenvalue weighted by atomic mass is 9.80. The molecule has 1 amide bonds. The fourth-order valence-electron chi connectivity index (χ4n) is 6.12. The number of hydrogen-bond donors (Lipinski definition) is 1. The molecule has 39 heavy (non-hydrogen) atoms. The van der Waals surface area contributed by atoms with E-state index < -0.39 is 0 Å². The average molecular weight is 529 g/mol. The maximum Gasteiger partial charge on any atom is 0.219 e. The monoisotopic (exact) mass is 528 g/mol. The molecule has 2 atom stereocenters. The summed E-state index contributed by atoms with van der Waals surface area (Å²) < 4.78 is 4.63. The smallest absolute Gasteiger partial charge is 0.219 e. The number of piperidine rings is 1. The van der Waals surface area contributed by atoms with E-state index in [-0.39, 0.29) is 16.7 Å². The molecule has 0 bridgehead atoms. The average Bonchev–Trinajstić information content (AvgIpc) is 3.50. The van der Waals surface area contributed by atoms with E-state index >= 15 is 0 Å². The van der Waals surface area contributed by atoms with Crippen LogP contribution >= 0.6 is 0 Å². The van der Waals surface area contributed by atoms with E-state index in [1.807, 2.05) is 17.3 Å². The largest absolute Gasteiger partial charge is 0.343 e. The summed E-state index contributed by atoms with van der Waals surface area (Å²) in [4.78, 5) is 33.3. The molecule has 9 heteroatoms. The third kappa shape index (κ3) is 4.71. The normalized spacial score (nSPS) is 21.0. The molecule has 6 rings (SSSR count). The Balaban J connectivity index is 1.23. The number of rotatable bonds is 5. The number of likely N-dealkylation sites (tertiary alicyclic amines) is 1. The van der Waals surface area contributed by atoms with Gasteiger partial charge >= 0.3 is 0 Å². The van der Waals surface area contributed by atoms with Gasteiger partial charge in [0.25, 0.3) is 0 Å². The zero-order chi connectivity index (χ0) is 27.5. The molecule has 0 saturated carbocycles. The van der Waals surface area contributed by atoms with Gasteiger partial charge in [-0.3, -0.25) is 4.79 Å². The molecule has 206 valence electrons. The highest BCUT2D eigenvalue weighted by atomic mass is 16.2. The molecule has 1 N–H and O–H groups in total. The Hall–Kier alpha value is -3.33. The number of hydrogen-bond acceptors (Lipinski definition) is 6. The molecular formula is C30H40N8O. The van der Waals surface area contributed by atoms with E-state index in [4.69, 9.17) is 15.0 Å². The highest BCUT2D eigenvalue weighted by Gasteiger charge is 2.39. The van der Waals surface area contributed by atoms with E-state index in [0.717, 1.165) is 72.6 Å². The minimum Gasteiger partial charge on any atom is -0.343 e. The van der Waals surface area contributed by atoms with Crippen molar-refractivity contribution < 1.29 is 4.79 Å². The lowest BCUT2D eigenvalue weighted by molar-refractivity contribution is -0.130. The molecule has 0 aliphatic carbocycles. The van der Waals surface area contributed by atoms with Crippen LogP contribution in [0.5, 0.6) is 0 Å². The summed E-state index contributed by atoms with van der Waals surface area (Å²) in [5, 5.41) is 5.82. The second-order valence-corrected chi connectivity index (χ2v) is 13.0. The van der Waals surface area contributed by atoms with E-state index in [2.05, 4.69) is 78.6 Å². The van der Waals surface area contributed by atoms with Crippen molar-refractivity contribution in [3.63, 3.8) is 0 Å². The van der Waals surface area contributed by atoms with Gasteiger partial charge in [-0.1, -0.05) is 34.6 Å². The molecule has 0 radical (unpaired) electrons. The van der Waals surface area contributed by atoms with E-state index in [1.165, 1.54) is 0 Å². The van der Waals surface area contributed by atoms with Crippen molar-refractivity contribution in [2.24, 2.45) is 0 Å². The summed E-state index contributed by atoms with van der Waals surface area (Å²) >= 11 is 0. The third-order valence-corrected chi connectivity index (χ3v) is 8.63. The van der Waals surface area contributed by atoms with Crippen LogP contribution in [0, 0.1) is 0 Å². The molecule has 9 nitrogen and oxygen atoms in total. The molecule has 6 heterocycles. The topological polar surface area (TPSA) is 93.8 Å². The molecular weight excluding hydrogens is 488 g/mol. The first-order valence-electron chi connectivity index (χ1n) is 14.2. The van der Waals surface area contributed by atoms with Crippen molar-refractivity contribution in [3.05, 3.63) is 48.6 Å². The molecule has 0 aromatic carbocycles. The zero-order valence-corrected chi connectivity index (χ0v) is 24.0. The quantitative estimate of drug-likeness (QED) is 0.409. The maximum absolute atomic E-state index is 11.8. The summed E-state index contributed by atoms with van der Waals surface area (Å²) in [5.74, 6) is 1.91. The molecule has 4 aromatic rings. The van der Waals surface area contributed by atoms with Crippen LogP contribution in [0.25, 0.3) is 22.1 Å². The van der Waals surface area contributed by atoms with E-state index in [9.17, 15) is 4.79 Å². The third-order valence-electron chi connectivity index (χ3n) is 8.63. The number of amides is 1. The molecule has 4 aromatic heterocycles. The van der Waals surface area contributed by atoms with Gasteiger partial charge in [0.2, 0.25) is 5.91 Å². The van der Waals surface area contributed by atoms with Gasteiger partial charge in [-0.25, -0.2) is 19.9 Å². The molecule has 0 spiro atoms. The number of aromatic nitrogens is 6. The number of nitrogens with zero attached hydrogens (tertiary/aromatic N) is 7. The molecule has 2 aliphatic heterocycles. The van der Waals surface area contributed by atoms with Gasteiger partial charge < -0.3 is 19.4 Å². The minimum absolute atomic E-state index is 0.0966. The first-order valence-corrected chi connectivity index (χ1v) is 14.2.